The van der Waals surface area contributed by atoms with E-state index in [0.717, 1.165) is 10.0 Å². The van der Waals surface area contributed by atoms with E-state index in [1.807, 2.05) is 36.4 Å². The normalized spacial score (nSPS) is 16.7. The quantitative estimate of drug-likeness (QED) is 0.680. The summed E-state index contributed by atoms with van der Waals surface area (Å²) in [5.41, 5.74) is 5.32. The molecule has 4 rings (SSSR count). The number of carbonyl (C=O) groups is 1. The number of hydrogen-bond acceptors (Lipinski definition) is 3. The number of nitrogens with one attached hydrogen (secondary N) is 1. The minimum Gasteiger partial charge on any atom is -0.309 e. The van der Waals surface area contributed by atoms with Gasteiger partial charge in [-0.25, -0.2) is 0 Å². The number of benzene rings is 3. The second-order valence-electron chi connectivity index (χ2n) is 5.86. The molecule has 4 heteroatoms. The topological polar surface area (TPSA) is 41.5 Å². The molecule has 0 unspecified atom stereocenters. The van der Waals surface area contributed by atoms with Crippen molar-refractivity contribution in [3.05, 3.63) is 82.3 Å². The van der Waals surface area contributed by atoms with Crippen molar-refractivity contribution in [2.45, 2.75) is 5.92 Å². The molecule has 0 bridgehead atoms. The third kappa shape index (κ3) is 2.74. The van der Waals surface area contributed by atoms with E-state index in [2.05, 4.69) is 56.8 Å². The number of ketones is 1. The van der Waals surface area contributed by atoms with Gasteiger partial charge in [0.2, 0.25) is 5.78 Å². The summed E-state index contributed by atoms with van der Waals surface area (Å²) in [6, 6.07) is 22.0. The van der Waals surface area contributed by atoms with Gasteiger partial charge in [0.1, 0.15) is 5.71 Å². The Morgan fingerprint density at radius 2 is 1.83 bits per heavy atom. The zero-order valence-electron chi connectivity index (χ0n) is 12.9. The summed E-state index contributed by atoms with van der Waals surface area (Å²) < 4.78 is 0.891. The number of rotatable bonds is 3. The Balaban J connectivity index is 1.70. The largest absolute Gasteiger partial charge is 0.309 e. The van der Waals surface area contributed by atoms with Gasteiger partial charge in [0, 0.05) is 16.6 Å². The van der Waals surface area contributed by atoms with Gasteiger partial charge in [-0.3, -0.25) is 4.79 Å². The number of fused-ring (bicyclic) bond motifs is 1. The third-order valence-electron chi connectivity index (χ3n) is 4.32. The lowest BCUT2D eigenvalue weighted by molar-refractivity contribution is 0.106. The van der Waals surface area contributed by atoms with E-state index in [1.165, 1.54) is 10.8 Å². The number of halogens is 1. The van der Waals surface area contributed by atoms with Crippen molar-refractivity contribution in [3.8, 4) is 0 Å². The second kappa shape index (κ2) is 6.21. The van der Waals surface area contributed by atoms with Crippen molar-refractivity contribution < 1.29 is 4.79 Å². The van der Waals surface area contributed by atoms with Crippen molar-refractivity contribution >= 4 is 38.2 Å². The monoisotopic (exact) mass is 378 g/mol. The number of Topliss-reactive ketones (excluding diaryl/α,β-unsaturated/α-hetero) is 1. The van der Waals surface area contributed by atoms with Gasteiger partial charge in [-0.05, 0) is 28.5 Å². The van der Waals surface area contributed by atoms with Crippen LogP contribution in [-0.4, -0.2) is 18.0 Å². The molecule has 0 amide bonds. The van der Waals surface area contributed by atoms with Gasteiger partial charge < -0.3 is 5.43 Å². The fourth-order valence-corrected chi connectivity index (χ4v) is 3.48. The predicted molar refractivity (Wildman–Crippen MR) is 101 cm³/mol. The van der Waals surface area contributed by atoms with Gasteiger partial charge in [-0.1, -0.05) is 70.5 Å². The van der Waals surface area contributed by atoms with Crippen LogP contribution in [0.5, 0.6) is 0 Å². The van der Waals surface area contributed by atoms with Crippen LogP contribution >= 0.6 is 15.9 Å². The lowest BCUT2D eigenvalue weighted by atomic mass is 9.89. The highest BCUT2D eigenvalue weighted by Crippen LogP contribution is 2.26. The lowest BCUT2D eigenvalue weighted by Gasteiger charge is -2.13. The van der Waals surface area contributed by atoms with Crippen molar-refractivity contribution in [2.24, 2.45) is 5.10 Å². The Morgan fingerprint density at radius 1 is 1.00 bits per heavy atom. The van der Waals surface area contributed by atoms with E-state index >= 15 is 0 Å². The van der Waals surface area contributed by atoms with Crippen molar-refractivity contribution in [1.29, 1.82) is 0 Å². The number of nitrogens with zero attached hydrogens (tertiary/aromatic N) is 1. The Labute approximate surface area is 148 Å². The van der Waals surface area contributed by atoms with Crippen molar-refractivity contribution in [2.75, 3.05) is 6.54 Å². The first-order chi connectivity index (χ1) is 11.7. The molecule has 118 valence electrons. The molecular formula is C20H15BrN2O. The molecule has 3 nitrogen and oxygen atoms in total. The van der Waals surface area contributed by atoms with Crippen LogP contribution in [0.2, 0.25) is 0 Å². The SMILES string of the molecule is O=C(C1=NNC[C@H]1c1ccc2ccccc2c1)c1cccc(Br)c1. The third-order valence-corrected chi connectivity index (χ3v) is 4.81. The van der Waals surface area contributed by atoms with Gasteiger partial charge in [0.25, 0.3) is 0 Å². The van der Waals surface area contributed by atoms with Crippen LogP contribution in [0.1, 0.15) is 21.8 Å². The maximum absolute atomic E-state index is 12.9. The molecule has 0 fully saturated rings. The summed E-state index contributed by atoms with van der Waals surface area (Å²) >= 11 is 3.42. The fourth-order valence-electron chi connectivity index (χ4n) is 3.08. The van der Waals surface area contributed by atoms with Crippen molar-refractivity contribution in [3.63, 3.8) is 0 Å². The van der Waals surface area contributed by atoms with E-state index in [9.17, 15) is 4.79 Å². The van der Waals surface area contributed by atoms with Crippen LogP contribution in [0.4, 0.5) is 0 Å². The van der Waals surface area contributed by atoms with Crippen LogP contribution < -0.4 is 5.43 Å². The highest BCUT2D eigenvalue weighted by Gasteiger charge is 2.29. The van der Waals surface area contributed by atoms with E-state index in [4.69, 9.17) is 0 Å². The molecule has 1 N–H and O–H groups in total. The Hall–Kier alpha value is -2.46. The highest BCUT2D eigenvalue weighted by molar-refractivity contribution is 9.10. The van der Waals surface area contributed by atoms with Crippen molar-refractivity contribution in [1.82, 2.24) is 5.43 Å². The van der Waals surface area contributed by atoms with Crippen LogP contribution in [0.25, 0.3) is 10.8 Å². The molecule has 1 aliphatic heterocycles. The summed E-state index contributed by atoms with van der Waals surface area (Å²) in [7, 11) is 0. The predicted octanol–water partition coefficient (Wildman–Crippen LogP) is 4.53. The van der Waals surface area contributed by atoms with Gasteiger partial charge in [0.05, 0.1) is 5.92 Å². The number of hydrazone groups is 1. The maximum Gasteiger partial charge on any atom is 0.209 e. The zero-order valence-corrected chi connectivity index (χ0v) is 14.5. The highest BCUT2D eigenvalue weighted by atomic mass is 79.9. The summed E-state index contributed by atoms with van der Waals surface area (Å²) in [4.78, 5) is 12.9. The number of carbonyl (C=O) groups excluding carboxylic acids is 1. The zero-order chi connectivity index (χ0) is 16.5. The molecule has 24 heavy (non-hydrogen) atoms. The molecule has 1 aliphatic rings. The molecule has 0 aromatic heterocycles. The van der Waals surface area contributed by atoms with E-state index in [0.29, 0.717) is 17.8 Å². The first-order valence-electron chi connectivity index (χ1n) is 7.82. The van der Waals surface area contributed by atoms with Gasteiger partial charge in [-0.15, -0.1) is 0 Å². The molecule has 0 radical (unpaired) electrons. The minimum absolute atomic E-state index is 0.0268. The second-order valence-corrected chi connectivity index (χ2v) is 6.77. The van der Waals surface area contributed by atoms with Gasteiger partial charge in [-0.2, -0.15) is 5.10 Å². The minimum atomic E-state index is -0.0283. The Kier molecular flexibility index (Phi) is 3.90. The summed E-state index contributed by atoms with van der Waals surface area (Å²) in [5.74, 6) is -0.0550. The van der Waals surface area contributed by atoms with E-state index in [-0.39, 0.29) is 11.7 Å². The molecular weight excluding hydrogens is 364 g/mol. The standard InChI is InChI=1S/C20H15BrN2O/c21-17-7-3-6-16(11-17)20(24)19-18(12-22-23-19)15-9-8-13-4-1-2-5-14(13)10-15/h1-11,18,22H,12H2/t18-/m0/s1. The average molecular weight is 379 g/mol. The summed E-state index contributed by atoms with van der Waals surface area (Å²) in [5, 5.41) is 6.66. The smallest absolute Gasteiger partial charge is 0.209 e. The Bertz CT molecular complexity index is 965. The first-order valence-corrected chi connectivity index (χ1v) is 8.61. The molecule has 0 saturated heterocycles. The summed E-state index contributed by atoms with van der Waals surface area (Å²) in [6.07, 6.45) is 0. The van der Waals surface area contributed by atoms with E-state index in [1.54, 1.807) is 0 Å². The fraction of sp³-hybridized carbons (Fsp3) is 0.100. The molecule has 0 saturated carbocycles. The van der Waals surface area contributed by atoms with Crippen LogP contribution in [0, 0.1) is 0 Å². The average Bonchev–Trinajstić information content (AvgIpc) is 3.10. The maximum atomic E-state index is 12.9. The lowest BCUT2D eigenvalue weighted by Crippen LogP contribution is -2.21. The summed E-state index contributed by atoms with van der Waals surface area (Å²) in [6.45, 7) is 0.646. The molecule has 1 atom stereocenters. The van der Waals surface area contributed by atoms with Crippen LogP contribution in [0.3, 0.4) is 0 Å². The van der Waals surface area contributed by atoms with Gasteiger partial charge in [0.15, 0.2) is 0 Å². The van der Waals surface area contributed by atoms with Crippen LogP contribution in [0.15, 0.2) is 76.3 Å². The Morgan fingerprint density at radius 3 is 2.67 bits per heavy atom. The van der Waals surface area contributed by atoms with E-state index < -0.39 is 0 Å². The molecule has 0 spiro atoms. The molecule has 0 aliphatic carbocycles. The molecule has 1 heterocycles. The first kappa shape index (κ1) is 15.1. The molecule has 3 aromatic rings. The number of hydrogen-bond donors (Lipinski definition) is 1. The van der Waals surface area contributed by atoms with Gasteiger partial charge >= 0.3 is 0 Å². The molecule has 3 aromatic carbocycles. The van der Waals surface area contributed by atoms with Crippen LogP contribution in [-0.2, 0) is 0 Å².